The molecular weight excluding hydrogens is 293 g/mol. The second kappa shape index (κ2) is 8.27. The highest BCUT2D eigenvalue weighted by Crippen LogP contribution is 2.39. The Morgan fingerprint density at radius 2 is 1.91 bits per heavy atom. The van der Waals surface area contributed by atoms with Crippen LogP contribution in [0.4, 0.5) is 0 Å². The van der Waals surface area contributed by atoms with Gasteiger partial charge in [0.05, 0.1) is 6.04 Å². The number of hydrogen-bond acceptors (Lipinski definition) is 4. The molecule has 0 heterocycles. The van der Waals surface area contributed by atoms with Gasteiger partial charge in [0.25, 0.3) is 0 Å². The third-order valence-corrected chi connectivity index (χ3v) is 4.27. The van der Waals surface area contributed by atoms with Gasteiger partial charge < -0.3 is 15.4 Å². The van der Waals surface area contributed by atoms with Crippen LogP contribution in [0.3, 0.4) is 0 Å². The molecule has 0 aromatic heterocycles. The maximum Gasteiger partial charge on any atom is 0.455 e. The van der Waals surface area contributed by atoms with Crippen molar-refractivity contribution in [2.24, 2.45) is 5.92 Å². The molecule has 1 aromatic rings. The van der Waals surface area contributed by atoms with E-state index in [1.54, 1.807) is 0 Å². The number of benzene rings is 1. The van der Waals surface area contributed by atoms with Gasteiger partial charge in [0, 0.05) is 19.2 Å². The lowest BCUT2D eigenvalue weighted by Crippen LogP contribution is -2.42. The summed E-state index contributed by atoms with van der Waals surface area (Å²) in [6.07, 6.45) is 3.33. The van der Waals surface area contributed by atoms with Crippen molar-refractivity contribution in [1.29, 1.82) is 0 Å². The van der Waals surface area contributed by atoms with Gasteiger partial charge in [-0.15, -0.1) is 0 Å². The Hall–Kier alpha value is -1.66. The second-order valence-corrected chi connectivity index (χ2v) is 6.47. The van der Waals surface area contributed by atoms with Crippen molar-refractivity contribution in [1.82, 2.24) is 5.32 Å². The number of rotatable bonds is 9. The average molecular weight is 317 g/mol. The SMILES string of the molecule is CC(=O)NC(Cc1ccccc1)C(=O)CC(CC1CC1)B(O)O. The fourth-order valence-corrected chi connectivity index (χ4v) is 2.83. The molecular formula is C17H24BNO4. The highest BCUT2D eigenvalue weighted by molar-refractivity contribution is 6.43. The number of ketones is 1. The van der Waals surface area contributed by atoms with Crippen LogP contribution in [-0.4, -0.2) is 34.9 Å². The average Bonchev–Trinajstić information content (AvgIpc) is 3.30. The Morgan fingerprint density at radius 1 is 1.26 bits per heavy atom. The molecule has 6 heteroatoms. The molecule has 1 fully saturated rings. The number of nitrogens with one attached hydrogen (secondary N) is 1. The zero-order valence-corrected chi connectivity index (χ0v) is 13.4. The van der Waals surface area contributed by atoms with E-state index in [4.69, 9.17) is 0 Å². The second-order valence-electron chi connectivity index (χ2n) is 6.47. The van der Waals surface area contributed by atoms with E-state index in [9.17, 15) is 19.6 Å². The summed E-state index contributed by atoms with van der Waals surface area (Å²) in [6.45, 7) is 1.38. The first-order valence-electron chi connectivity index (χ1n) is 8.15. The van der Waals surface area contributed by atoms with Crippen LogP contribution in [0.25, 0.3) is 0 Å². The van der Waals surface area contributed by atoms with Gasteiger partial charge in [0.2, 0.25) is 5.91 Å². The molecule has 0 aliphatic heterocycles. The molecule has 23 heavy (non-hydrogen) atoms. The maximum absolute atomic E-state index is 12.6. The molecule has 5 nitrogen and oxygen atoms in total. The Kier molecular flexibility index (Phi) is 6.36. The highest BCUT2D eigenvalue weighted by Gasteiger charge is 2.34. The molecule has 1 aliphatic carbocycles. The van der Waals surface area contributed by atoms with Gasteiger partial charge in [-0.3, -0.25) is 9.59 Å². The van der Waals surface area contributed by atoms with Crippen molar-refractivity contribution < 1.29 is 19.6 Å². The number of carbonyl (C=O) groups excluding carboxylic acids is 2. The fourth-order valence-electron chi connectivity index (χ4n) is 2.83. The molecule has 0 radical (unpaired) electrons. The topological polar surface area (TPSA) is 86.6 Å². The summed E-state index contributed by atoms with van der Waals surface area (Å²) in [5.41, 5.74) is 0.961. The van der Waals surface area contributed by atoms with E-state index in [2.05, 4.69) is 5.32 Å². The fraction of sp³-hybridized carbons (Fsp3) is 0.529. The minimum Gasteiger partial charge on any atom is -0.427 e. The predicted molar refractivity (Wildman–Crippen MR) is 88.7 cm³/mol. The van der Waals surface area contributed by atoms with Crippen molar-refractivity contribution >= 4 is 18.8 Å². The van der Waals surface area contributed by atoms with Gasteiger partial charge in [-0.2, -0.15) is 0 Å². The summed E-state index contributed by atoms with van der Waals surface area (Å²) in [5.74, 6) is -0.365. The van der Waals surface area contributed by atoms with Gasteiger partial charge in [-0.05, 0) is 24.3 Å². The van der Waals surface area contributed by atoms with E-state index in [1.165, 1.54) is 6.92 Å². The van der Waals surface area contributed by atoms with Crippen molar-refractivity contribution in [2.45, 2.75) is 50.9 Å². The Bertz CT molecular complexity index is 531. The zero-order valence-electron chi connectivity index (χ0n) is 13.4. The largest absolute Gasteiger partial charge is 0.455 e. The van der Waals surface area contributed by atoms with Crippen LogP contribution < -0.4 is 5.32 Å². The van der Waals surface area contributed by atoms with Crippen molar-refractivity contribution in [3.05, 3.63) is 35.9 Å². The third-order valence-electron chi connectivity index (χ3n) is 4.27. The van der Waals surface area contributed by atoms with E-state index in [-0.39, 0.29) is 18.1 Å². The number of Topliss-reactive ketones (excluding diaryl/α,β-unsaturated/α-hetero) is 1. The lowest BCUT2D eigenvalue weighted by molar-refractivity contribution is -0.126. The molecule has 3 N–H and O–H groups in total. The Balaban J connectivity index is 2.00. The normalized spacial score (nSPS) is 16.5. The van der Waals surface area contributed by atoms with Gasteiger partial charge in [-0.1, -0.05) is 43.2 Å². The smallest absolute Gasteiger partial charge is 0.427 e. The predicted octanol–water partition coefficient (Wildman–Crippen LogP) is 1.34. The molecule has 1 aliphatic rings. The van der Waals surface area contributed by atoms with Crippen molar-refractivity contribution in [3.8, 4) is 0 Å². The van der Waals surface area contributed by atoms with Crippen LogP contribution in [0.1, 0.15) is 38.2 Å². The summed E-state index contributed by atoms with van der Waals surface area (Å²) in [4.78, 5) is 24.0. The van der Waals surface area contributed by atoms with Crippen LogP contribution in [0.5, 0.6) is 0 Å². The maximum atomic E-state index is 12.6. The van der Waals surface area contributed by atoms with Gasteiger partial charge in [0.1, 0.15) is 0 Å². The summed E-state index contributed by atoms with van der Waals surface area (Å²) in [7, 11) is -1.49. The van der Waals surface area contributed by atoms with Crippen LogP contribution in [0.15, 0.2) is 30.3 Å². The first-order valence-corrected chi connectivity index (χ1v) is 8.15. The lowest BCUT2D eigenvalue weighted by atomic mass is 9.67. The van der Waals surface area contributed by atoms with E-state index in [0.29, 0.717) is 18.8 Å². The quantitative estimate of drug-likeness (QED) is 0.600. The molecule has 0 saturated heterocycles. The monoisotopic (exact) mass is 317 g/mol. The zero-order chi connectivity index (χ0) is 16.8. The minimum absolute atomic E-state index is 0.0753. The van der Waals surface area contributed by atoms with E-state index >= 15 is 0 Å². The number of carbonyl (C=O) groups is 2. The van der Waals surface area contributed by atoms with E-state index in [1.807, 2.05) is 30.3 Å². The first kappa shape index (κ1) is 17.7. The van der Waals surface area contributed by atoms with Gasteiger partial charge >= 0.3 is 7.12 Å². The summed E-state index contributed by atoms with van der Waals surface area (Å²) >= 11 is 0. The Morgan fingerprint density at radius 3 is 2.43 bits per heavy atom. The van der Waals surface area contributed by atoms with Gasteiger partial charge in [-0.25, -0.2) is 0 Å². The molecule has 0 bridgehead atoms. The third kappa shape index (κ3) is 6.16. The van der Waals surface area contributed by atoms with E-state index < -0.39 is 19.0 Å². The summed E-state index contributed by atoms with van der Waals surface area (Å²) < 4.78 is 0. The molecule has 2 rings (SSSR count). The molecule has 2 unspecified atom stereocenters. The standard InChI is InChI=1S/C17H24BNO4/c1-12(20)19-16(10-13-5-3-2-4-6-13)17(21)11-15(18(22)23)9-14-7-8-14/h2-6,14-16,22-23H,7-11H2,1H3,(H,19,20). The lowest BCUT2D eigenvalue weighted by Gasteiger charge is -2.21. The van der Waals surface area contributed by atoms with Crippen LogP contribution in [0, 0.1) is 5.92 Å². The van der Waals surface area contributed by atoms with Crippen molar-refractivity contribution in [3.63, 3.8) is 0 Å². The molecule has 2 atom stereocenters. The molecule has 1 aromatic carbocycles. The molecule has 1 saturated carbocycles. The highest BCUT2D eigenvalue weighted by atomic mass is 16.4. The number of hydrogen-bond donors (Lipinski definition) is 3. The summed E-state index contributed by atoms with van der Waals surface area (Å²) in [5, 5.41) is 21.7. The number of amides is 1. The molecule has 124 valence electrons. The Labute approximate surface area is 137 Å². The summed E-state index contributed by atoms with van der Waals surface area (Å²) in [6, 6.07) is 8.85. The van der Waals surface area contributed by atoms with Crippen LogP contribution in [0.2, 0.25) is 5.82 Å². The van der Waals surface area contributed by atoms with Crippen LogP contribution >= 0.6 is 0 Å². The minimum atomic E-state index is -1.49. The first-order chi connectivity index (χ1) is 11.0. The van der Waals surface area contributed by atoms with Gasteiger partial charge in [0.15, 0.2) is 5.78 Å². The van der Waals surface area contributed by atoms with E-state index in [0.717, 1.165) is 18.4 Å². The molecule has 1 amide bonds. The van der Waals surface area contributed by atoms with Crippen molar-refractivity contribution in [2.75, 3.05) is 0 Å². The van der Waals surface area contributed by atoms with Crippen LogP contribution in [-0.2, 0) is 16.0 Å². The molecule has 0 spiro atoms.